The van der Waals surface area contributed by atoms with Gasteiger partial charge in [0.05, 0.1) is 0 Å². The second-order valence-corrected chi connectivity index (χ2v) is 3.65. The van der Waals surface area contributed by atoms with Gasteiger partial charge in [-0.25, -0.2) is 0 Å². The predicted octanol–water partition coefficient (Wildman–Crippen LogP) is 3.76. The largest absolute Gasteiger partial charge is 0.0654 e. The summed E-state index contributed by atoms with van der Waals surface area (Å²) in [5.41, 5.74) is 0. The van der Waals surface area contributed by atoms with E-state index in [-0.39, 0.29) is 0 Å². The van der Waals surface area contributed by atoms with Gasteiger partial charge in [0.15, 0.2) is 0 Å². The molecule has 0 nitrogen and oxygen atoms in total. The first-order valence-corrected chi connectivity index (χ1v) is 4.93. The van der Waals surface area contributed by atoms with E-state index in [1.165, 1.54) is 51.4 Å². The first kappa shape index (κ1) is 8.10. The Balaban J connectivity index is 2.02. The van der Waals surface area contributed by atoms with Crippen LogP contribution in [-0.4, -0.2) is 0 Å². The van der Waals surface area contributed by atoms with Crippen molar-refractivity contribution in [1.82, 2.24) is 0 Å². The molecule has 1 aliphatic rings. The minimum Gasteiger partial charge on any atom is -0.0654 e. The molecule has 60 valence electrons. The van der Waals surface area contributed by atoms with Gasteiger partial charge in [-0.15, -0.1) is 0 Å². The molecule has 0 heteroatoms. The van der Waals surface area contributed by atoms with Gasteiger partial charge in [-0.3, -0.25) is 0 Å². The van der Waals surface area contributed by atoms with Crippen LogP contribution in [0.4, 0.5) is 0 Å². The summed E-state index contributed by atoms with van der Waals surface area (Å²) in [4.78, 5) is 0. The van der Waals surface area contributed by atoms with Crippen molar-refractivity contribution in [2.24, 2.45) is 5.92 Å². The van der Waals surface area contributed by atoms with Gasteiger partial charge in [-0.2, -0.15) is 0 Å². The Hall–Kier alpha value is 0. The van der Waals surface area contributed by atoms with E-state index in [0.717, 1.165) is 5.92 Å². The van der Waals surface area contributed by atoms with Gasteiger partial charge in [0.1, 0.15) is 0 Å². The third-order valence-electron chi connectivity index (χ3n) is 2.69. The van der Waals surface area contributed by atoms with Gasteiger partial charge >= 0.3 is 0 Å². The Morgan fingerprint density at radius 3 is 2.40 bits per heavy atom. The monoisotopic (exact) mass is 140 g/mol. The highest BCUT2D eigenvalue weighted by Crippen LogP contribution is 2.27. The molecule has 0 unspecified atom stereocenters. The molecule has 0 aliphatic heterocycles. The molecule has 0 spiro atoms. The van der Waals surface area contributed by atoms with Crippen LogP contribution in [0.25, 0.3) is 0 Å². The lowest BCUT2D eigenvalue weighted by atomic mass is 9.86. The molecule has 0 amide bonds. The lowest BCUT2D eigenvalue weighted by molar-refractivity contribution is 0.331. The first-order valence-electron chi connectivity index (χ1n) is 4.93. The Kier molecular flexibility index (Phi) is 3.86. The standard InChI is InChI=1S/C10H20/c1-2-3-7-10-8-5-4-6-9-10/h10H,2-9H2,1H3. The zero-order valence-corrected chi connectivity index (χ0v) is 7.23. The maximum atomic E-state index is 2.29. The van der Waals surface area contributed by atoms with E-state index in [0.29, 0.717) is 0 Å². The fourth-order valence-corrected chi connectivity index (χ4v) is 1.97. The second-order valence-electron chi connectivity index (χ2n) is 3.65. The van der Waals surface area contributed by atoms with Crippen molar-refractivity contribution in [2.75, 3.05) is 0 Å². The van der Waals surface area contributed by atoms with E-state index in [9.17, 15) is 0 Å². The van der Waals surface area contributed by atoms with Crippen LogP contribution in [0.5, 0.6) is 0 Å². The Morgan fingerprint density at radius 2 is 1.80 bits per heavy atom. The third-order valence-corrected chi connectivity index (χ3v) is 2.69. The lowest BCUT2D eigenvalue weighted by Crippen LogP contribution is -2.05. The summed E-state index contributed by atoms with van der Waals surface area (Å²) in [6.07, 6.45) is 11.9. The molecule has 1 aliphatic carbocycles. The summed E-state index contributed by atoms with van der Waals surface area (Å²) in [5.74, 6) is 1.11. The molecule has 0 aromatic rings. The van der Waals surface area contributed by atoms with Gasteiger partial charge in [0, 0.05) is 0 Å². The Labute approximate surface area is 65.0 Å². The molecular weight excluding hydrogens is 120 g/mol. The summed E-state index contributed by atoms with van der Waals surface area (Å²) in [6, 6.07) is 0. The molecule has 10 heavy (non-hydrogen) atoms. The molecule has 0 aromatic carbocycles. The van der Waals surface area contributed by atoms with E-state index >= 15 is 0 Å². The highest BCUT2D eigenvalue weighted by molar-refractivity contribution is 4.65. The maximum absolute atomic E-state index is 2.29. The van der Waals surface area contributed by atoms with Crippen LogP contribution in [0.1, 0.15) is 58.3 Å². The molecular formula is C10H20. The van der Waals surface area contributed by atoms with E-state index in [1.54, 1.807) is 0 Å². The van der Waals surface area contributed by atoms with Crippen molar-refractivity contribution < 1.29 is 0 Å². The molecule has 0 bridgehead atoms. The summed E-state index contributed by atoms with van der Waals surface area (Å²) in [7, 11) is 0. The van der Waals surface area contributed by atoms with Crippen molar-refractivity contribution in [3.05, 3.63) is 0 Å². The fraction of sp³-hybridized carbons (Fsp3) is 1.00. The summed E-state index contributed by atoms with van der Waals surface area (Å²) in [6.45, 7) is 2.29. The smallest absolute Gasteiger partial charge is 0.0414 e. The average Bonchev–Trinajstić information content (AvgIpc) is 2.03. The quantitative estimate of drug-likeness (QED) is 0.560. The lowest BCUT2D eigenvalue weighted by Gasteiger charge is -2.20. The summed E-state index contributed by atoms with van der Waals surface area (Å²) in [5, 5.41) is 0. The van der Waals surface area contributed by atoms with Crippen LogP contribution in [0, 0.1) is 5.92 Å². The molecule has 1 saturated carbocycles. The van der Waals surface area contributed by atoms with Crippen molar-refractivity contribution in [1.29, 1.82) is 0 Å². The van der Waals surface area contributed by atoms with Crippen LogP contribution < -0.4 is 0 Å². The third kappa shape index (κ3) is 2.72. The van der Waals surface area contributed by atoms with Crippen LogP contribution in [0.2, 0.25) is 0 Å². The fourth-order valence-electron chi connectivity index (χ4n) is 1.97. The molecule has 0 radical (unpaired) electrons. The molecule has 0 aromatic heterocycles. The average molecular weight is 140 g/mol. The van der Waals surface area contributed by atoms with Crippen LogP contribution in [0.3, 0.4) is 0 Å². The van der Waals surface area contributed by atoms with E-state index < -0.39 is 0 Å². The molecule has 0 heterocycles. The van der Waals surface area contributed by atoms with Crippen molar-refractivity contribution in [3.8, 4) is 0 Å². The topological polar surface area (TPSA) is 0 Å². The maximum Gasteiger partial charge on any atom is -0.0414 e. The Morgan fingerprint density at radius 1 is 1.10 bits per heavy atom. The number of rotatable bonds is 3. The SMILES string of the molecule is CCCCC1CCCCC1. The molecule has 0 saturated heterocycles. The van der Waals surface area contributed by atoms with Gasteiger partial charge in [-0.05, 0) is 5.92 Å². The molecule has 1 fully saturated rings. The zero-order chi connectivity index (χ0) is 7.23. The minimum atomic E-state index is 1.11. The zero-order valence-electron chi connectivity index (χ0n) is 7.23. The first-order chi connectivity index (χ1) is 4.93. The summed E-state index contributed by atoms with van der Waals surface area (Å²) >= 11 is 0. The number of unbranched alkanes of at least 4 members (excludes halogenated alkanes) is 1. The number of hydrogen-bond acceptors (Lipinski definition) is 0. The predicted molar refractivity (Wildman–Crippen MR) is 46.1 cm³/mol. The van der Waals surface area contributed by atoms with Gasteiger partial charge in [-0.1, -0.05) is 58.3 Å². The van der Waals surface area contributed by atoms with Gasteiger partial charge in [0.2, 0.25) is 0 Å². The highest BCUT2D eigenvalue weighted by Gasteiger charge is 2.11. The van der Waals surface area contributed by atoms with Crippen LogP contribution in [0.15, 0.2) is 0 Å². The van der Waals surface area contributed by atoms with Crippen molar-refractivity contribution >= 4 is 0 Å². The van der Waals surface area contributed by atoms with Crippen molar-refractivity contribution in [3.63, 3.8) is 0 Å². The van der Waals surface area contributed by atoms with Crippen molar-refractivity contribution in [2.45, 2.75) is 58.3 Å². The second kappa shape index (κ2) is 4.76. The summed E-state index contributed by atoms with van der Waals surface area (Å²) < 4.78 is 0. The molecule has 0 atom stereocenters. The van der Waals surface area contributed by atoms with Crippen LogP contribution >= 0.6 is 0 Å². The van der Waals surface area contributed by atoms with Gasteiger partial charge in [0.25, 0.3) is 0 Å². The normalized spacial score (nSPS) is 21.3. The van der Waals surface area contributed by atoms with E-state index in [1.807, 2.05) is 0 Å². The van der Waals surface area contributed by atoms with E-state index in [4.69, 9.17) is 0 Å². The molecule has 0 N–H and O–H groups in total. The molecule has 1 rings (SSSR count). The number of hydrogen-bond donors (Lipinski definition) is 0. The highest BCUT2D eigenvalue weighted by atomic mass is 14.2. The Bertz CT molecular complexity index is 70.1. The van der Waals surface area contributed by atoms with Gasteiger partial charge < -0.3 is 0 Å². The van der Waals surface area contributed by atoms with Crippen LogP contribution in [-0.2, 0) is 0 Å². The van der Waals surface area contributed by atoms with E-state index in [2.05, 4.69) is 6.92 Å². The minimum absolute atomic E-state index is 1.11.